The number of carbonyl (C=O) groups excluding carboxylic acids is 1. The van der Waals surface area contributed by atoms with Gasteiger partial charge < -0.3 is 4.74 Å². The zero-order valence-corrected chi connectivity index (χ0v) is 9.54. The van der Waals surface area contributed by atoms with Gasteiger partial charge in [-0.2, -0.15) is 0 Å². The molecule has 0 unspecified atom stereocenters. The van der Waals surface area contributed by atoms with E-state index in [9.17, 15) is 4.79 Å². The van der Waals surface area contributed by atoms with Gasteiger partial charge in [0.1, 0.15) is 11.8 Å². The Hall–Kier alpha value is -2.16. The summed E-state index contributed by atoms with van der Waals surface area (Å²) in [6.07, 6.45) is 1.30. The van der Waals surface area contributed by atoms with E-state index in [1.807, 2.05) is 37.3 Å². The Kier molecular flexibility index (Phi) is 3.50. The quantitative estimate of drug-likeness (QED) is 0.757. The molecule has 0 fully saturated rings. The molecule has 0 saturated heterocycles. The van der Waals surface area contributed by atoms with Gasteiger partial charge in [-0.25, -0.2) is 9.78 Å². The molecule has 3 nitrogen and oxygen atoms in total. The minimum atomic E-state index is -0.401. The molecule has 0 aliphatic carbocycles. The van der Waals surface area contributed by atoms with Crippen LogP contribution in [0.3, 0.4) is 0 Å². The Morgan fingerprint density at radius 1 is 1.12 bits per heavy atom. The molecule has 0 N–H and O–H groups in total. The molecule has 0 aliphatic heterocycles. The summed E-state index contributed by atoms with van der Waals surface area (Å²) in [6.45, 7) is 1.84. The van der Waals surface area contributed by atoms with Crippen molar-refractivity contribution in [3.8, 4) is 0 Å². The van der Waals surface area contributed by atoms with Crippen LogP contribution in [0.2, 0.25) is 0 Å². The highest BCUT2D eigenvalue weighted by Crippen LogP contribution is 2.17. The number of ether oxygens (including phenoxy) is 1. The minimum Gasteiger partial charge on any atom is -0.453 e. The summed E-state index contributed by atoms with van der Waals surface area (Å²) in [5, 5.41) is 0. The van der Waals surface area contributed by atoms with Crippen LogP contribution in [0.5, 0.6) is 0 Å². The lowest BCUT2D eigenvalue weighted by atomic mass is 10.1. The predicted octanol–water partition coefficient (Wildman–Crippen LogP) is 3.00. The Morgan fingerprint density at radius 2 is 1.82 bits per heavy atom. The molecular formula is C14H13NO2. The van der Waals surface area contributed by atoms with Gasteiger partial charge in [-0.1, -0.05) is 36.4 Å². The highest BCUT2D eigenvalue weighted by molar-refractivity contribution is 5.87. The molecule has 0 saturated carbocycles. The van der Waals surface area contributed by atoms with Crippen molar-refractivity contribution in [3.05, 3.63) is 66.0 Å². The second-order valence-electron chi connectivity index (χ2n) is 3.67. The summed E-state index contributed by atoms with van der Waals surface area (Å²) in [5.41, 5.74) is 1.30. The number of nitrogens with zero attached hydrogens (tertiary/aromatic N) is 1. The minimum absolute atomic E-state index is 0.272. The Bertz CT molecular complexity index is 482. The maximum Gasteiger partial charge on any atom is 0.357 e. The van der Waals surface area contributed by atoms with Gasteiger partial charge in [0.15, 0.2) is 0 Å². The summed E-state index contributed by atoms with van der Waals surface area (Å²) in [5.74, 6) is -0.401. The summed E-state index contributed by atoms with van der Waals surface area (Å²) in [6, 6.07) is 14.8. The van der Waals surface area contributed by atoms with Crippen LogP contribution in [0.1, 0.15) is 29.1 Å². The molecule has 0 bridgehead atoms. The van der Waals surface area contributed by atoms with E-state index in [-0.39, 0.29) is 6.10 Å². The van der Waals surface area contributed by atoms with Crippen molar-refractivity contribution < 1.29 is 9.53 Å². The number of hydrogen-bond acceptors (Lipinski definition) is 3. The molecule has 2 rings (SSSR count). The van der Waals surface area contributed by atoms with Gasteiger partial charge in [-0.05, 0) is 24.6 Å². The van der Waals surface area contributed by atoms with Gasteiger partial charge in [0.25, 0.3) is 0 Å². The summed E-state index contributed by atoms with van der Waals surface area (Å²) >= 11 is 0. The van der Waals surface area contributed by atoms with Crippen molar-refractivity contribution in [1.82, 2.24) is 4.98 Å². The molecule has 0 radical (unpaired) electrons. The number of hydrogen-bond donors (Lipinski definition) is 0. The first-order chi connectivity index (χ1) is 8.27. The van der Waals surface area contributed by atoms with Crippen LogP contribution in [-0.2, 0) is 4.74 Å². The van der Waals surface area contributed by atoms with Crippen LogP contribution in [0.25, 0.3) is 0 Å². The average molecular weight is 227 g/mol. The third-order valence-corrected chi connectivity index (χ3v) is 2.43. The fraction of sp³-hybridized carbons (Fsp3) is 0.143. The highest BCUT2D eigenvalue weighted by Gasteiger charge is 2.13. The van der Waals surface area contributed by atoms with Crippen molar-refractivity contribution in [3.63, 3.8) is 0 Å². The molecule has 86 valence electrons. The van der Waals surface area contributed by atoms with Crippen molar-refractivity contribution in [1.29, 1.82) is 0 Å². The normalized spacial score (nSPS) is 11.8. The molecular weight excluding hydrogens is 214 g/mol. The van der Waals surface area contributed by atoms with Crippen LogP contribution >= 0.6 is 0 Å². The lowest BCUT2D eigenvalue weighted by Gasteiger charge is -2.12. The van der Waals surface area contributed by atoms with Crippen molar-refractivity contribution in [2.45, 2.75) is 13.0 Å². The maximum atomic E-state index is 11.7. The highest BCUT2D eigenvalue weighted by atomic mass is 16.5. The predicted molar refractivity (Wildman–Crippen MR) is 64.5 cm³/mol. The monoisotopic (exact) mass is 227 g/mol. The molecule has 1 atom stereocenters. The van der Waals surface area contributed by atoms with E-state index in [4.69, 9.17) is 4.74 Å². The number of pyridine rings is 1. The topological polar surface area (TPSA) is 39.2 Å². The molecule has 1 aromatic carbocycles. The van der Waals surface area contributed by atoms with E-state index >= 15 is 0 Å². The van der Waals surface area contributed by atoms with Crippen molar-refractivity contribution in [2.75, 3.05) is 0 Å². The molecule has 0 spiro atoms. The van der Waals surface area contributed by atoms with Gasteiger partial charge in [-0.3, -0.25) is 0 Å². The fourth-order valence-electron chi connectivity index (χ4n) is 1.50. The van der Waals surface area contributed by atoms with E-state index in [1.165, 1.54) is 0 Å². The van der Waals surface area contributed by atoms with E-state index in [1.54, 1.807) is 24.4 Å². The van der Waals surface area contributed by atoms with E-state index in [0.29, 0.717) is 5.69 Å². The SMILES string of the molecule is C[C@H](OC(=O)c1ccccn1)c1ccccc1. The Morgan fingerprint density at radius 3 is 2.47 bits per heavy atom. The second-order valence-corrected chi connectivity index (χ2v) is 3.67. The molecule has 1 heterocycles. The lowest BCUT2D eigenvalue weighted by molar-refractivity contribution is 0.0331. The van der Waals surface area contributed by atoms with Crippen molar-refractivity contribution >= 4 is 5.97 Å². The van der Waals surface area contributed by atoms with Crippen LogP contribution in [0.15, 0.2) is 54.7 Å². The Balaban J connectivity index is 2.05. The largest absolute Gasteiger partial charge is 0.453 e. The van der Waals surface area contributed by atoms with Crippen LogP contribution in [-0.4, -0.2) is 11.0 Å². The number of rotatable bonds is 3. The van der Waals surface area contributed by atoms with Crippen LogP contribution in [0, 0.1) is 0 Å². The van der Waals surface area contributed by atoms with Gasteiger partial charge in [-0.15, -0.1) is 0 Å². The van der Waals surface area contributed by atoms with Crippen LogP contribution < -0.4 is 0 Å². The van der Waals surface area contributed by atoms with Gasteiger partial charge in [0.05, 0.1) is 0 Å². The molecule has 17 heavy (non-hydrogen) atoms. The number of carbonyl (C=O) groups is 1. The average Bonchev–Trinajstić information content (AvgIpc) is 2.40. The van der Waals surface area contributed by atoms with Crippen molar-refractivity contribution in [2.24, 2.45) is 0 Å². The van der Waals surface area contributed by atoms with Gasteiger partial charge in [0, 0.05) is 6.20 Å². The maximum absolute atomic E-state index is 11.7. The number of esters is 1. The molecule has 2 aromatic rings. The summed E-state index contributed by atoms with van der Waals surface area (Å²) in [4.78, 5) is 15.7. The van der Waals surface area contributed by atoms with Gasteiger partial charge >= 0.3 is 5.97 Å². The standard InChI is InChI=1S/C14H13NO2/c1-11(12-7-3-2-4-8-12)17-14(16)13-9-5-6-10-15-13/h2-11H,1H3/t11-/m0/s1. The second kappa shape index (κ2) is 5.25. The van der Waals surface area contributed by atoms with E-state index in [2.05, 4.69) is 4.98 Å². The van der Waals surface area contributed by atoms with Gasteiger partial charge in [0.2, 0.25) is 0 Å². The molecule has 1 aromatic heterocycles. The fourth-order valence-corrected chi connectivity index (χ4v) is 1.50. The first kappa shape index (κ1) is 11.3. The Labute approximate surface area is 100 Å². The smallest absolute Gasteiger partial charge is 0.357 e. The zero-order valence-electron chi connectivity index (χ0n) is 9.54. The van der Waals surface area contributed by atoms with Crippen LogP contribution in [0.4, 0.5) is 0 Å². The first-order valence-corrected chi connectivity index (χ1v) is 5.44. The number of aromatic nitrogens is 1. The zero-order chi connectivity index (χ0) is 12.1. The third kappa shape index (κ3) is 2.91. The first-order valence-electron chi connectivity index (χ1n) is 5.44. The summed E-state index contributed by atoms with van der Waals surface area (Å²) in [7, 11) is 0. The van der Waals surface area contributed by atoms with E-state index < -0.39 is 5.97 Å². The lowest BCUT2D eigenvalue weighted by Crippen LogP contribution is -2.10. The summed E-state index contributed by atoms with van der Waals surface area (Å²) < 4.78 is 5.32. The van der Waals surface area contributed by atoms with E-state index in [0.717, 1.165) is 5.56 Å². The third-order valence-electron chi connectivity index (χ3n) is 2.43. The number of benzene rings is 1. The molecule has 3 heteroatoms. The molecule has 0 aliphatic rings. The molecule has 0 amide bonds.